The second-order valence-corrected chi connectivity index (χ2v) is 3.22. The van der Waals surface area contributed by atoms with Gasteiger partial charge in [-0.25, -0.2) is 9.37 Å². The van der Waals surface area contributed by atoms with Crippen molar-refractivity contribution in [3.8, 4) is 11.3 Å². The van der Waals surface area contributed by atoms with E-state index in [9.17, 15) is 4.39 Å². The Kier molecular flexibility index (Phi) is 2.41. The van der Waals surface area contributed by atoms with Crippen LogP contribution in [0.3, 0.4) is 0 Å². The normalized spacial score (nSPS) is 10.5. The first kappa shape index (κ1) is 9.71. The highest BCUT2D eigenvalue weighted by Crippen LogP contribution is 2.22. The molecule has 0 fully saturated rings. The zero-order chi connectivity index (χ0) is 10.8. The smallest absolute Gasteiger partial charge is 0.194 e. The van der Waals surface area contributed by atoms with E-state index in [0.29, 0.717) is 11.6 Å². The summed E-state index contributed by atoms with van der Waals surface area (Å²) in [6.45, 7) is 1.95. The number of halogens is 1. The number of anilines is 1. The third kappa shape index (κ3) is 1.83. The van der Waals surface area contributed by atoms with Gasteiger partial charge in [0.1, 0.15) is 17.8 Å². The molecule has 3 nitrogen and oxygen atoms in total. The van der Waals surface area contributed by atoms with Gasteiger partial charge in [0, 0.05) is 12.0 Å². The minimum atomic E-state index is -0.419. The Hall–Kier alpha value is -1.84. The lowest BCUT2D eigenvalue weighted by atomic mass is 10.1. The molecule has 0 bridgehead atoms. The molecule has 2 aromatic rings. The molecule has 1 aromatic heterocycles. The van der Waals surface area contributed by atoms with Crippen molar-refractivity contribution < 1.29 is 8.81 Å². The molecule has 0 atom stereocenters. The minimum absolute atomic E-state index is 0.119. The maximum absolute atomic E-state index is 12.9. The molecule has 0 saturated heterocycles. The number of rotatable bonds is 2. The summed E-state index contributed by atoms with van der Waals surface area (Å²) in [6.07, 6.45) is 2.28. The average molecular weight is 206 g/mol. The van der Waals surface area contributed by atoms with Crippen molar-refractivity contribution in [1.29, 1.82) is 0 Å². The van der Waals surface area contributed by atoms with Crippen LogP contribution < -0.4 is 5.73 Å². The summed E-state index contributed by atoms with van der Waals surface area (Å²) in [7, 11) is 0. The van der Waals surface area contributed by atoms with Gasteiger partial charge >= 0.3 is 0 Å². The van der Waals surface area contributed by atoms with Crippen LogP contribution in [-0.4, -0.2) is 4.98 Å². The third-order valence-corrected chi connectivity index (χ3v) is 2.15. The quantitative estimate of drug-likeness (QED) is 0.768. The van der Waals surface area contributed by atoms with Gasteiger partial charge < -0.3 is 10.2 Å². The third-order valence-electron chi connectivity index (χ3n) is 2.15. The second-order valence-electron chi connectivity index (χ2n) is 3.22. The van der Waals surface area contributed by atoms with Crippen LogP contribution in [-0.2, 0) is 6.42 Å². The molecule has 0 aliphatic heterocycles. The number of nitrogens with two attached hydrogens (primary N) is 1. The first-order valence-corrected chi connectivity index (χ1v) is 4.70. The number of hydrogen-bond donors (Lipinski definition) is 1. The number of hydrogen-bond acceptors (Lipinski definition) is 3. The molecule has 0 saturated carbocycles. The Bertz CT molecular complexity index is 479. The predicted molar refractivity (Wildman–Crippen MR) is 55.7 cm³/mol. The Morgan fingerprint density at radius 1 is 1.47 bits per heavy atom. The van der Waals surface area contributed by atoms with Crippen LogP contribution in [0.15, 0.2) is 28.9 Å². The fourth-order valence-corrected chi connectivity index (χ4v) is 1.31. The van der Waals surface area contributed by atoms with Crippen molar-refractivity contribution in [2.45, 2.75) is 13.3 Å². The molecule has 0 aliphatic carbocycles. The van der Waals surface area contributed by atoms with E-state index in [1.54, 1.807) is 18.4 Å². The highest BCUT2D eigenvalue weighted by atomic mass is 19.1. The highest BCUT2D eigenvalue weighted by molar-refractivity contribution is 5.63. The molecule has 1 heterocycles. The van der Waals surface area contributed by atoms with Crippen molar-refractivity contribution in [3.63, 3.8) is 0 Å². The molecule has 0 radical (unpaired) electrons. The topological polar surface area (TPSA) is 52.0 Å². The summed E-state index contributed by atoms with van der Waals surface area (Å²) in [4.78, 5) is 4.23. The van der Waals surface area contributed by atoms with Crippen molar-refractivity contribution in [2.24, 2.45) is 0 Å². The number of benzene rings is 1. The summed E-state index contributed by atoms with van der Waals surface area (Å²) in [5, 5.41) is 0. The van der Waals surface area contributed by atoms with Crippen LogP contribution in [0.2, 0.25) is 0 Å². The maximum atomic E-state index is 12.9. The van der Waals surface area contributed by atoms with Crippen molar-refractivity contribution in [3.05, 3.63) is 36.2 Å². The van der Waals surface area contributed by atoms with E-state index >= 15 is 0 Å². The maximum Gasteiger partial charge on any atom is 0.194 e. The lowest BCUT2D eigenvalue weighted by molar-refractivity contribution is 0.502. The number of nitrogens with zero attached hydrogens (tertiary/aromatic N) is 1. The fourth-order valence-electron chi connectivity index (χ4n) is 1.31. The molecule has 0 aliphatic rings. The van der Waals surface area contributed by atoms with E-state index in [2.05, 4.69) is 4.98 Å². The average Bonchev–Trinajstić information content (AvgIpc) is 2.70. The van der Waals surface area contributed by atoms with E-state index in [4.69, 9.17) is 10.2 Å². The summed E-state index contributed by atoms with van der Waals surface area (Å²) >= 11 is 0. The lowest BCUT2D eigenvalue weighted by Gasteiger charge is -1.98. The first-order chi connectivity index (χ1) is 7.20. The Morgan fingerprint density at radius 2 is 2.27 bits per heavy atom. The van der Waals surface area contributed by atoms with Crippen LogP contribution in [0, 0.1) is 5.82 Å². The Morgan fingerprint density at radius 3 is 2.87 bits per heavy atom. The molecule has 0 spiro atoms. The number of aryl methyl sites for hydroxylation is 1. The second kappa shape index (κ2) is 3.73. The molecule has 2 N–H and O–H groups in total. The van der Waals surface area contributed by atoms with Crippen LogP contribution in [0.4, 0.5) is 10.1 Å². The zero-order valence-electron chi connectivity index (χ0n) is 8.33. The number of oxazole rings is 1. The van der Waals surface area contributed by atoms with E-state index in [1.807, 2.05) is 6.92 Å². The number of aromatic nitrogens is 1. The van der Waals surface area contributed by atoms with Gasteiger partial charge in [-0.1, -0.05) is 6.92 Å². The van der Waals surface area contributed by atoms with Crippen LogP contribution in [0.25, 0.3) is 11.3 Å². The van der Waals surface area contributed by atoms with Gasteiger partial charge in [0.25, 0.3) is 0 Å². The van der Waals surface area contributed by atoms with Gasteiger partial charge in [0.05, 0.1) is 5.69 Å². The highest BCUT2D eigenvalue weighted by Gasteiger charge is 2.06. The summed E-state index contributed by atoms with van der Waals surface area (Å²) in [5.74, 6) is 0.242. The van der Waals surface area contributed by atoms with Gasteiger partial charge in [-0.3, -0.25) is 0 Å². The van der Waals surface area contributed by atoms with Gasteiger partial charge in [-0.2, -0.15) is 0 Å². The van der Waals surface area contributed by atoms with Gasteiger partial charge in [0.2, 0.25) is 0 Å². The van der Waals surface area contributed by atoms with E-state index < -0.39 is 5.82 Å². The molecule has 0 unspecified atom stereocenters. The molecule has 4 heteroatoms. The molecular weight excluding hydrogens is 195 g/mol. The van der Waals surface area contributed by atoms with Crippen molar-refractivity contribution in [2.75, 3.05) is 5.73 Å². The van der Waals surface area contributed by atoms with E-state index in [-0.39, 0.29) is 5.69 Å². The largest absolute Gasteiger partial charge is 0.448 e. The van der Waals surface area contributed by atoms with Gasteiger partial charge in [0.15, 0.2) is 5.89 Å². The van der Waals surface area contributed by atoms with Crippen LogP contribution in [0.5, 0.6) is 0 Å². The fraction of sp³-hybridized carbons (Fsp3) is 0.182. The van der Waals surface area contributed by atoms with Crippen molar-refractivity contribution in [1.82, 2.24) is 4.98 Å². The number of nitrogen functional groups attached to an aromatic ring is 1. The van der Waals surface area contributed by atoms with Crippen LogP contribution in [0.1, 0.15) is 12.8 Å². The molecular formula is C11H11FN2O. The Balaban J connectivity index is 2.40. The minimum Gasteiger partial charge on any atom is -0.448 e. The molecule has 1 aromatic carbocycles. The standard InChI is InChI=1S/C11H11FN2O/c1-2-11-14-10(6-15-11)7-3-4-8(12)9(13)5-7/h3-6H,2,13H2,1H3. The monoisotopic (exact) mass is 206 g/mol. The van der Waals surface area contributed by atoms with Crippen molar-refractivity contribution >= 4 is 5.69 Å². The van der Waals surface area contributed by atoms with Crippen LogP contribution >= 0.6 is 0 Å². The molecule has 0 amide bonds. The zero-order valence-corrected chi connectivity index (χ0v) is 8.33. The van der Waals surface area contributed by atoms with Gasteiger partial charge in [-0.15, -0.1) is 0 Å². The lowest BCUT2D eigenvalue weighted by Crippen LogP contribution is -1.91. The Labute approximate surface area is 86.7 Å². The SMILES string of the molecule is CCc1nc(-c2ccc(F)c(N)c2)co1. The van der Waals surface area contributed by atoms with Gasteiger partial charge in [-0.05, 0) is 18.2 Å². The molecule has 2 rings (SSSR count). The summed E-state index contributed by atoms with van der Waals surface area (Å²) in [6, 6.07) is 4.50. The summed E-state index contributed by atoms with van der Waals surface area (Å²) < 4.78 is 18.1. The first-order valence-electron chi connectivity index (χ1n) is 4.70. The molecule has 15 heavy (non-hydrogen) atoms. The summed E-state index contributed by atoms with van der Waals surface area (Å²) in [5.41, 5.74) is 7.02. The predicted octanol–water partition coefficient (Wildman–Crippen LogP) is 2.63. The van der Waals surface area contributed by atoms with E-state index in [1.165, 1.54) is 6.07 Å². The van der Waals surface area contributed by atoms with E-state index in [0.717, 1.165) is 12.0 Å². The molecule has 78 valence electrons.